The van der Waals surface area contributed by atoms with Crippen molar-refractivity contribution >= 4 is 17.7 Å². The quantitative estimate of drug-likeness (QED) is 0.682. The minimum absolute atomic E-state index is 0.00964. The number of urea groups is 1. The number of amides is 2. The normalized spacial score (nSPS) is 11.8. The van der Waals surface area contributed by atoms with E-state index in [1.807, 2.05) is 37.3 Å². The molecule has 2 rings (SSSR count). The van der Waals surface area contributed by atoms with Crippen molar-refractivity contribution in [2.45, 2.75) is 45.6 Å². The maximum Gasteiger partial charge on any atom is 0.319 e. The van der Waals surface area contributed by atoms with Crippen LogP contribution in [0.5, 0.6) is 0 Å². The molecule has 0 saturated heterocycles. The fraction of sp³-hybridized carbons (Fsp3) is 0.389. The molecular weight excluding hydrogens is 322 g/mol. The average Bonchev–Trinajstić information content (AvgIpc) is 2.93. The van der Waals surface area contributed by atoms with Gasteiger partial charge in [0, 0.05) is 18.9 Å². The van der Waals surface area contributed by atoms with Crippen LogP contribution in [-0.4, -0.2) is 28.3 Å². The first-order valence-corrected chi connectivity index (χ1v) is 8.28. The lowest BCUT2D eigenvalue weighted by Crippen LogP contribution is -2.39. The minimum atomic E-state index is -0.886. The second-order valence-electron chi connectivity index (χ2n) is 5.84. The molecule has 134 valence electrons. The summed E-state index contributed by atoms with van der Waals surface area (Å²) in [6.45, 7) is 3.66. The summed E-state index contributed by atoms with van der Waals surface area (Å²) in [5.74, 6) is -0.277. The Labute approximate surface area is 146 Å². The van der Waals surface area contributed by atoms with E-state index in [4.69, 9.17) is 9.63 Å². The van der Waals surface area contributed by atoms with E-state index >= 15 is 0 Å². The Morgan fingerprint density at radius 3 is 2.64 bits per heavy atom. The summed E-state index contributed by atoms with van der Waals surface area (Å²) in [4.78, 5) is 23.2. The molecule has 0 fully saturated rings. The fourth-order valence-electron chi connectivity index (χ4n) is 2.57. The van der Waals surface area contributed by atoms with Crippen LogP contribution in [0.2, 0.25) is 0 Å². The molecule has 25 heavy (non-hydrogen) atoms. The van der Waals surface area contributed by atoms with Crippen molar-refractivity contribution in [3.8, 4) is 0 Å². The summed E-state index contributed by atoms with van der Waals surface area (Å²) in [7, 11) is 0. The van der Waals surface area contributed by atoms with E-state index in [0.29, 0.717) is 36.4 Å². The predicted molar refractivity (Wildman–Crippen MR) is 93.6 cm³/mol. The molecule has 0 saturated carbocycles. The molecule has 0 radical (unpaired) electrons. The van der Waals surface area contributed by atoms with E-state index in [2.05, 4.69) is 15.8 Å². The van der Waals surface area contributed by atoms with Crippen LogP contribution in [0, 0.1) is 6.92 Å². The van der Waals surface area contributed by atoms with Gasteiger partial charge in [-0.3, -0.25) is 4.79 Å². The Balaban J connectivity index is 2.02. The van der Waals surface area contributed by atoms with Gasteiger partial charge in [-0.05, 0) is 25.3 Å². The summed E-state index contributed by atoms with van der Waals surface area (Å²) >= 11 is 0. The van der Waals surface area contributed by atoms with E-state index in [0.717, 1.165) is 5.56 Å². The fourth-order valence-corrected chi connectivity index (χ4v) is 2.57. The van der Waals surface area contributed by atoms with Crippen molar-refractivity contribution in [2.75, 3.05) is 5.32 Å². The van der Waals surface area contributed by atoms with E-state index in [1.54, 1.807) is 6.92 Å². The number of hydrogen-bond donors (Lipinski definition) is 3. The second kappa shape index (κ2) is 8.86. The molecule has 7 heteroatoms. The largest absolute Gasteiger partial charge is 0.481 e. The van der Waals surface area contributed by atoms with Gasteiger partial charge in [-0.2, -0.15) is 0 Å². The highest BCUT2D eigenvalue weighted by atomic mass is 16.5. The molecule has 0 bridgehead atoms. The number of benzene rings is 1. The molecule has 0 spiro atoms. The maximum atomic E-state index is 12.3. The SMILES string of the molecule is CCc1onc(C)c1NC(=O)NC(CCC(=O)O)Cc1ccccc1. The first kappa shape index (κ1) is 18.5. The number of nitrogens with one attached hydrogen (secondary N) is 2. The molecule has 1 aromatic carbocycles. The van der Waals surface area contributed by atoms with Gasteiger partial charge in [-0.15, -0.1) is 0 Å². The van der Waals surface area contributed by atoms with Crippen LogP contribution in [-0.2, 0) is 17.6 Å². The Morgan fingerprint density at radius 2 is 2.00 bits per heavy atom. The van der Waals surface area contributed by atoms with Crippen LogP contribution in [0.4, 0.5) is 10.5 Å². The number of carboxylic acids is 1. The third kappa shape index (κ3) is 5.63. The second-order valence-corrected chi connectivity index (χ2v) is 5.84. The number of carbonyl (C=O) groups is 2. The van der Waals surface area contributed by atoms with E-state index in [1.165, 1.54) is 0 Å². The van der Waals surface area contributed by atoms with Crippen LogP contribution < -0.4 is 10.6 Å². The number of hydrogen-bond acceptors (Lipinski definition) is 4. The monoisotopic (exact) mass is 345 g/mol. The Bertz CT molecular complexity index is 712. The number of nitrogens with zero attached hydrogens (tertiary/aromatic N) is 1. The van der Waals surface area contributed by atoms with Crippen LogP contribution in [0.1, 0.15) is 36.8 Å². The molecule has 1 atom stereocenters. The zero-order valence-corrected chi connectivity index (χ0v) is 14.4. The van der Waals surface area contributed by atoms with Gasteiger partial charge in [-0.1, -0.05) is 42.4 Å². The van der Waals surface area contributed by atoms with E-state index < -0.39 is 12.0 Å². The van der Waals surface area contributed by atoms with Gasteiger partial charge in [0.25, 0.3) is 0 Å². The van der Waals surface area contributed by atoms with Crippen molar-refractivity contribution in [3.63, 3.8) is 0 Å². The number of aliphatic carboxylic acids is 1. The van der Waals surface area contributed by atoms with Gasteiger partial charge >= 0.3 is 12.0 Å². The first-order valence-electron chi connectivity index (χ1n) is 8.28. The molecule has 3 N–H and O–H groups in total. The van der Waals surface area contributed by atoms with Crippen LogP contribution >= 0.6 is 0 Å². The summed E-state index contributed by atoms with van der Waals surface area (Å²) in [6.07, 6.45) is 1.51. The van der Waals surface area contributed by atoms with Crippen molar-refractivity contribution in [1.82, 2.24) is 10.5 Å². The summed E-state index contributed by atoms with van der Waals surface area (Å²) in [5.41, 5.74) is 2.21. The summed E-state index contributed by atoms with van der Waals surface area (Å²) in [6, 6.07) is 8.96. The van der Waals surface area contributed by atoms with Gasteiger partial charge in [-0.25, -0.2) is 4.79 Å². The molecular formula is C18H23N3O4. The molecule has 0 aliphatic carbocycles. The third-order valence-electron chi connectivity index (χ3n) is 3.86. The summed E-state index contributed by atoms with van der Waals surface area (Å²) < 4.78 is 5.15. The molecule has 2 amide bonds. The topological polar surface area (TPSA) is 104 Å². The van der Waals surface area contributed by atoms with E-state index in [9.17, 15) is 9.59 Å². The standard InChI is InChI=1S/C18H23N3O4/c1-3-15-17(12(2)21-25-15)20-18(24)19-14(9-10-16(22)23)11-13-7-5-4-6-8-13/h4-8,14H,3,9-11H2,1-2H3,(H,22,23)(H2,19,20,24). The van der Waals surface area contributed by atoms with Crippen molar-refractivity contribution in [2.24, 2.45) is 0 Å². The van der Waals surface area contributed by atoms with Crippen molar-refractivity contribution < 1.29 is 19.2 Å². The van der Waals surface area contributed by atoms with Crippen LogP contribution in [0.3, 0.4) is 0 Å². The molecule has 2 aromatic rings. The molecule has 1 heterocycles. The lowest BCUT2D eigenvalue weighted by molar-refractivity contribution is -0.137. The van der Waals surface area contributed by atoms with Crippen molar-refractivity contribution in [3.05, 3.63) is 47.3 Å². The smallest absolute Gasteiger partial charge is 0.319 e. The molecule has 0 aliphatic heterocycles. The van der Waals surface area contributed by atoms with Gasteiger partial charge in [0.1, 0.15) is 11.4 Å². The van der Waals surface area contributed by atoms with Crippen LogP contribution in [0.25, 0.3) is 0 Å². The lowest BCUT2D eigenvalue weighted by Gasteiger charge is -2.18. The number of carboxylic acid groups (broad SMARTS) is 1. The molecule has 7 nitrogen and oxygen atoms in total. The number of anilines is 1. The van der Waals surface area contributed by atoms with Gasteiger partial charge in [0.2, 0.25) is 0 Å². The van der Waals surface area contributed by atoms with Gasteiger partial charge in [0.05, 0.1) is 0 Å². The number of rotatable bonds is 8. The van der Waals surface area contributed by atoms with Gasteiger partial charge in [0.15, 0.2) is 5.76 Å². The highest BCUT2D eigenvalue weighted by molar-refractivity contribution is 5.90. The van der Waals surface area contributed by atoms with Crippen molar-refractivity contribution in [1.29, 1.82) is 0 Å². The number of aryl methyl sites for hydroxylation is 2. The predicted octanol–water partition coefficient (Wildman–Crippen LogP) is 3.14. The first-order chi connectivity index (χ1) is 12.0. The van der Waals surface area contributed by atoms with Gasteiger partial charge < -0.3 is 20.3 Å². The third-order valence-corrected chi connectivity index (χ3v) is 3.86. The lowest BCUT2D eigenvalue weighted by atomic mass is 10.0. The Hall–Kier alpha value is -2.83. The Kier molecular flexibility index (Phi) is 6.56. The molecule has 0 aliphatic rings. The highest BCUT2D eigenvalue weighted by Crippen LogP contribution is 2.20. The average molecular weight is 345 g/mol. The zero-order valence-electron chi connectivity index (χ0n) is 14.4. The Morgan fingerprint density at radius 1 is 1.28 bits per heavy atom. The molecule has 1 aromatic heterocycles. The van der Waals surface area contributed by atoms with Crippen LogP contribution in [0.15, 0.2) is 34.9 Å². The zero-order chi connectivity index (χ0) is 18.2. The molecule has 1 unspecified atom stereocenters. The summed E-state index contributed by atoms with van der Waals surface area (Å²) in [5, 5.41) is 18.4. The van der Waals surface area contributed by atoms with E-state index in [-0.39, 0.29) is 12.5 Å². The highest BCUT2D eigenvalue weighted by Gasteiger charge is 2.18. The maximum absolute atomic E-state index is 12.3. The number of carbonyl (C=O) groups excluding carboxylic acids is 1. The number of aromatic nitrogens is 1. The minimum Gasteiger partial charge on any atom is -0.481 e.